The fourth-order valence-corrected chi connectivity index (χ4v) is 3.15. The van der Waals surface area contributed by atoms with Crippen molar-refractivity contribution in [2.45, 2.75) is 26.4 Å². The number of hydrogen-bond donors (Lipinski definition) is 0. The van der Waals surface area contributed by atoms with Crippen molar-refractivity contribution in [3.8, 4) is 0 Å². The third-order valence-electron chi connectivity index (χ3n) is 3.06. The fourth-order valence-electron chi connectivity index (χ4n) is 2.17. The molecule has 0 unspecified atom stereocenters. The third kappa shape index (κ3) is 3.49. The van der Waals surface area contributed by atoms with Crippen LogP contribution in [0.4, 0.5) is 16.3 Å². The maximum absolute atomic E-state index is 12.8. The van der Waals surface area contributed by atoms with Gasteiger partial charge in [-0.15, -0.1) is 11.3 Å². The molecule has 2 aromatic heterocycles. The standard InChI is InChI=1S/C17H16ClN3O2S/c1-17(2,3)23-16(22)21(11-7-5-4-6-8-11)14-13-12(9-10-24-13)19-15(18)20-14/h4-10H,1-3H3. The van der Waals surface area contributed by atoms with E-state index in [9.17, 15) is 4.79 Å². The van der Waals surface area contributed by atoms with Crippen LogP contribution >= 0.6 is 22.9 Å². The number of amides is 1. The van der Waals surface area contributed by atoms with Gasteiger partial charge in [0.05, 0.1) is 15.9 Å². The van der Waals surface area contributed by atoms with Gasteiger partial charge in [0.15, 0.2) is 5.82 Å². The molecular formula is C17H16ClN3O2S. The van der Waals surface area contributed by atoms with Crippen LogP contribution in [0.25, 0.3) is 10.2 Å². The number of rotatable bonds is 2. The van der Waals surface area contributed by atoms with E-state index in [1.54, 1.807) is 0 Å². The van der Waals surface area contributed by atoms with Gasteiger partial charge in [-0.3, -0.25) is 0 Å². The number of nitrogens with zero attached hydrogens (tertiary/aromatic N) is 3. The molecule has 24 heavy (non-hydrogen) atoms. The van der Waals surface area contributed by atoms with Gasteiger partial charge in [-0.2, -0.15) is 4.98 Å². The van der Waals surface area contributed by atoms with Gasteiger partial charge in [0, 0.05) is 0 Å². The highest BCUT2D eigenvalue weighted by atomic mass is 35.5. The highest BCUT2D eigenvalue weighted by molar-refractivity contribution is 7.17. The lowest BCUT2D eigenvalue weighted by Crippen LogP contribution is -2.34. The first-order valence-electron chi connectivity index (χ1n) is 7.34. The number of halogens is 1. The van der Waals surface area contributed by atoms with Crippen molar-refractivity contribution in [1.82, 2.24) is 9.97 Å². The molecule has 3 rings (SSSR count). The SMILES string of the molecule is CC(C)(C)OC(=O)N(c1ccccc1)c1nc(Cl)nc2ccsc12. The molecule has 0 saturated heterocycles. The Labute approximate surface area is 148 Å². The van der Waals surface area contributed by atoms with Crippen LogP contribution in [0, 0.1) is 0 Å². The number of anilines is 2. The van der Waals surface area contributed by atoms with Crippen LogP contribution < -0.4 is 4.90 Å². The highest BCUT2D eigenvalue weighted by Crippen LogP contribution is 2.35. The maximum Gasteiger partial charge on any atom is 0.420 e. The van der Waals surface area contributed by atoms with Crippen LogP contribution in [0.15, 0.2) is 41.8 Å². The monoisotopic (exact) mass is 361 g/mol. The van der Waals surface area contributed by atoms with Gasteiger partial charge in [-0.05, 0) is 56.0 Å². The third-order valence-corrected chi connectivity index (χ3v) is 4.13. The van der Waals surface area contributed by atoms with Crippen molar-refractivity contribution >= 4 is 50.8 Å². The van der Waals surface area contributed by atoms with Crippen LogP contribution in [0.5, 0.6) is 0 Å². The zero-order valence-corrected chi connectivity index (χ0v) is 15.1. The summed E-state index contributed by atoms with van der Waals surface area (Å²) in [4.78, 5) is 22.8. The molecule has 0 spiro atoms. The molecule has 0 bridgehead atoms. The van der Waals surface area contributed by atoms with Crippen LogP contribution in [-0.4, -0.2) is 21.7 Å². The summed E-state index contributed by atoms with van der Waals surface area (Å²) >= 11 is 7.50. The number of thiophene rings is 1. The first-order chi connectivity index (χ1) is 11.3. The van der Waals surface area contributed by atoms with Gasteiger partial charge in [-0.25, -0.2) is 14.7 Å². The van der Waals surface area contributed by atoms with Crippen molar-refractivity contribution in [1.29, 1.82) is 0 Å². The Balaban J connectivity index is 2.17. The van der Waals surface area contributed by atoms with Crippen molar-refractivity contribution in [2.75, 3.05) is 4.90 Å². The predicted octanol–water partition coefficient (Wildman–Crippen LogP) is 5.42. The average Bonchev–Trinajstić information content (AvgIpc) is 2.94. The molecule has 5 nitrogen and oxygen atoms in total. The summed E-state index contributed by atoms with van der Waals surface area (Å²) in [5, 5.41) is 1.97. The molecule has 0 N–H and O–H groups in total. The first-order valence-corrected chi connectivity index (χ1v) is 8.60. The van der Waals surface area contributed by atoms with E-state index in [-0.39, 0.29) is 5.28 Å². The summed E-state index contributed by atoms with van der Waals surface area (Å²) in [6.45, 7) is 5.46. The summed E-state index contributed by atoms with van der Waals surface area (Å²) < 4.78 is 6.33. The number of hydrogen-bond acceptors (Lipinski definition) is 5. The molecule has 1 aromatic carbocycles. The highest BCUT2D eigenvalue weighted by Gasteiger charge is 2.28. The second-order valence-electron chi connectivity index (χ2n) is 6.10. The zero-order valence-electron chi connectivity index (χ0n) is 13.5. The van der Waals surface area contributed by atoms with Crippen LogP contribution in [0.3, 0.4) is 0 Å². The van der Waals surface area contributed by atoms with E-state index in [4.69, 9.17) is 16.3 Å². The molecule has 0 saturated carbocycles. The van der Waals surface area contributed by atoms with Crippen LogP contribution in [-0.2, 0) is 4.74 Å². The lowest BCUT2D eigenvalue weighted by atomic mass is 10.2. The Bertz CT molecular complexity index is 874. The molecular weight excluding hydrogens is 346 g/mol. The minimum atomic E-state index is -0.629. The van der Waals surface area contributed by atoms with Gasteiger partial charge < -0.3 is 4.74 Å². The zero-order chi connectivity index (χ0) is 17.3. The molecule has 3 aromatic rings. The Morgan fingerprint density at radius 1 is 1.17 bits per heavy atom. The lowest BCUT2D eigenvalue weighted by Gasteiger charge is -2.27. The van der Waals surface area contributed by atoms with Gasteiger partial charge in [0.1, 0.15) is 5.60 Å². The first kappa shape index (κ1) is 16.7. The van der Waals surface area contributed by atoms with E-state index in [0.717, 1.165) is 4.70 Å². The summed E-state index contributed by atoms with van der Waals surface area (Å²) in [5.41, 5.74) is 0.714. The largest absolute Gasteiger partial charge is 0.443 e. The van der Waals surface area contributed by atoms with E-state index in [1.165, 1.54) is 16.2 Å². The number of para-hydroxylation sites is 1. The Kier molecular flexibility index (Phi) is 4.43. The van der Waals surface area contributed by atoms with Gasteiger partial charge >= 0.3 is 6.09 Å². The van der Waals surface area contributed by atoms with E-state index in [2.05, 4.69) is 9.97 Å². The smallest absolute Gasteiger partial charge is 0.420 e. The second kappa shape index (κ2) is 6.37. The van der Waals surface area contributed by atoms with Crippen molar-refractivity contribution < 1.29 is 9.53 Å². The summed E-state index contributed by atoms with van der Waals surface area (Å²) in [5.74, 6) is 0.417. The summed E-state index contributed by atoms with van der Waals surface area (Å²) in [7, 11) is 0. The van der Waals surface area contributed by atoms with E-state index < -0.39 is 11.7 Å². The van der Waals surface area contributed by atoms with E-state index in [0.29, 0.717) is 17.0 Å². The van der Waals surface area contributed by atoms with Gasteiger partial charge in [0.2, 0.25) is 5.28 Å². The van der Waals surface area contributed by atoms with Crippen molar-refractivity contribution in [3.63, 3.8) is 0 Å². The molecule has 0 aliphatic heterocycles. The van der Waals surface area contributed by atoms with E-state index >= 15 is 0 Å². The Morgan fingerprint density at radius 3 is 2.54 bits per heavy atom. The number of ether oxygens (including phenoxy) is 1. The van der Waals surface area contributed by atoms with Gasteiger partial charge in [0.25, 0.3) is 0 Å². The average molecular weight is 362 g/mol. The molecule has 0 radical (unpaired) electrons. The maximum atomic E-state index is 12.8. The molecule has 1 amide bonds. The van der Waals surface area contributed by atoms with Crippen molar-refractivity contribution in [2.24, 2.45) is 0 Å². The number of carbonyl (C=O) groups excluding carboxylic acids is 1. The van der Waals surface area contributed by atoms with Crippen LogP contribution in [0.1, 0.15) is 20.8 Å². The predicted molar refractivity (Wildman–Crippen MR) is 97.2 cm³/mol. The molecule has 0 atom stereocenters. The fraction of sp³-hybridized carbons (Fsp3) is 0.235. The quantitative estimate of drug-likeness (QED) is 0.572. The topological polar surface area (TPSA) is 55.3 Å². The number of aromatic nitrogens is 2. The molecule has 0 aliphatic rings. The molecule has 2 heterocycles. The lowest BCUT2D eigenvalue weighted by molar-refractivity contribution is 0.0598. The minimum absolute atomic E-state index is 0.0837. The van der Waals surface area contributed by atoms with E-state index in [1.807, 2.05) is 62.5 Å². The minimum Gasteiger partial charge on any atom is -0.443 e. The molecule has 0 aliphatic carbocycles. The molecule has 0 fully saturated rings. The van der Waals surface area contributed by atoms with Crippen molar-refractivity contribution in [3.05, 3.63) is 47.1 Å². The Hall–Kier alpha value is -2.18. The number of fused-ring (bicyclic) bond motifs is 1. The molecule has 124 valence electrons. The number of benzene rings is 1. The number of carbonyl (C=O) groups is 1. The normalized spacial score (nSPS) is 11.5. The Morgan fingerprint density at radius 2 is 1.88 bits per heavy atom. The second-order valence-corrected chi connectivity index (χ2v) is 7.36. The van der Waals surface area contributed by atoms with Crippen LogP contribution in [0.2, 0.25) is 5.28 Å². The summed E-state index contributed by atoms with van der Waals surface area (Å²) in [6.07, 6.45) is -0.516. The van der Waals surface area contributed by atoms with Gasteiger partial charge in [-0.1, -0.05) is 18.2 Å². The molecule has 7 heteroatoms. The summed E-state index contributed by atoms with van der Waals surface area (Å²) in [6, 6.07) is 11.1.